The van der Waals surface area contributed by atoms with E-state index in [0.717, 1.165) is 28.8 Å². The van der Waals surface area contributed by atoms with E-state index in [1.54, 1.807) is 0 Å². The molecule has 0 fully saturated rings. The summed E-state index contributed by atoms with van der Waals surface area (Å²) in [5.74, 6) is 1.02. The molecule has 214 valence electrons. The molecule has 3 aromatic rings. The molecule has 0 saturated carbocycles. The molecule has 0 spiro atoms. The predicted molar refractivity (Wildman–Crippen MR) is 169 cm³/mol. The zero-order chi connectivity index (χ0) is 27.5. The Labute approximate surface area is 245 Å². The van der Waals surface area contributed by atoms with Crippen LogP contribution in [0, 0.1) is 0 Å². The van der Waals surface area contributed by atoms with Crippen molar-refractivity contribution in [2.75, 3.05) is 6.54 Å². The van der Waals surface area contributed by atoms with E-state index in [0.29, 0.717) is 12.1 Å². The molecular weight excluding hydrogens is 546 g/mol. The molecule has 0 radical (unpaired) electrons. The molecule has 0 saturated heterocycles. The van der Waals surface area contributed by atoms with Gasteiger partial charge in [-0.3, -0.25) is 4.79 Å². The maximum Gasteiger partial charge on any atom is 0.251 e. The summed E-state index contributed by atoms with van der Waals surface area (Å²) < 4.78 is 3.34. The van der Waals surface area contributed by atoms with Gasteiger partial charge in [0.1, 0.15) is 5.82 Å². The van der Waals surface area contributed by atoms with Crippen molar-refractivity contribution >= 4 is 32.9 Å². The third kappa shape index (κ3) is 11.9. The van der Waals surface area contributed by atoms with Gasteiger partial charge in [-0.2, -0.15) is 0 Å². The minimum Gasteiger partial charge on any atom is -0.352 e. The van der Waals surface area contributed by atoms with Crippen molar-refractivity contribution in [1.29, 1.82) is 0 Å². The van der Waals surface area contributed by atoms with E-state index >= 15 is 0 Å². The fourth-order valence-electron chi connectivity index (χ4n) is 5.37. The zero-order valence-corrected chi connectivity index (χ0v) is 25.8. The number of carbonyl (C=O) groups excluding carboxylic acids is 1. The summed E-state index contributed by atoms with van der Waals surface area (Å²) in [5, 5.41) is 3.05. The van der Waals surface area contributed by atoms with Gasteiger partial charge in [-0.1, -0.05) is 131 Å². The fraction of sp³-hybridized carbons (Fsp3) is 0.588. The van der Waals surface area contributed by atoms with Crippen molar-refractivity contribution in [2.45, 2.75) is 123 Å². The van der Waals surface area contributed by atoms with Gasteiger partial charge in [-0.15, -0.1) is 0 Å². The Bertz CT molecular complexity index is 1080. The zero-order valence-electron chi connectivity index (χ0n) is 24.2. The van der Waals surface area contributed by atoms with E-state index in [4.69, 9.17) is 4.98 Å². The third-order valence-corrected chi connectivity index (χ3v) is 8.24. The normalized spacial score (nSPS) is 11.3. The average molecular weight is 597 g/mol. The molecule has 0 aliphatic carbocycles. The largest absolute Gasteiger partial charge is 0.352 e. The molecule has 0 atom stereocenters. The number of benzene rings is 2. The fourth-order valence-corrected chi connectivity index (χ4v) is 5.64. The van der Waals surface area contributed by atoms with Gasteiger partial charge in [-0.25, -0.2) is 4.98 Å². The van der Waals surface area contributed by atoms with Crippen LogP contribution in [0.15, 0.2) is 53.0 Å². The summed E-state index contributed by atoms with van der Waals surface area (Å²) in [5.41, 5.74) is 2.93. The molecule has 0 unspecified atom stereocenters. The Hall–Kier alpha value is -2.14. The summed E-state index contributed by atoms with van der Waals surface area (Å²) in [4.78, 5) is 17.4. The number of hydrogen-bond donors (Lipinski definition) is 1. The highest BCUT2D eigenvalue weighted by Crippen LogP contribution is 2.19. The molecule has 3 rings (SSSR count). The molecule has 1 N–H and O–H groups in total. The molecule has 39 heavy (non-hydrogen) atoms. The highest BCUT2D eigenvalue weighted by Gasteiger charge is 2.11. The molecule has 0 aliphatic rings. The average Bonchev–Trinajstić information content (AvgIpc) is 3.30. The number of unbranched alkanes of at least 4 members (excludes halogenated alkanes) is 15. The van der Waals surface area contributed by atoms with Gasteiger partial charge in [-0.05, 0) is 42.8 Å². The van der Waals surface area contributed by atoms with Gasteiger partial charge in [0.25, 0.3) is 5.91 Å². The van der Waals surface area contributed by atoms with Gasteiger partial charge < -0.3 is 9.88 Å². The number of nitrogens with one attached hydrogen (secondary N) is 1. The number of carbonyl (C=O) groups is 1. The second-order valence-electron chi connectivity index (χ2n) is 11.0. The maximum absolute atomic E-state index is 12.5. The maximum atomic E-state index is 12.5. The Morgan fingerprint density at radius 3 is 1.87 bits per heavy atom. The number of aryl methyl sites for hydroxylation is 1. The van der Waals surface area contributed by atoms with Crippen molar-refractivity contribution in [1.82, 2.24) is 14.9 Å². The number of rotatable bonds is 21. The highest BCUT2D eigenvalue weighted by molar-refractivity contribution is 9.10. The Morgan fingerprint density at radius 2 is 1.28 bits per heavy atom. The second kappa shape index (κ2) is 19.0. The molecule has 0 aliphatic heterocycles. The van der Waals surface area contributed by atoms with E-state index < -0.39 is 0 Å². The Morgan fingerprint density at radius 1 is 0.744 bits per heavy atom. The first-order valence-corrected chi connectivity index (χ1v) is 16.5. The molecule has 1 heterocycles. The molecule has 1 amide bonds. The second-order valence-corrected chi connectivity index (χ2v) is 11.9. The van der Waals surface area contributed by atoms with Crippen LogP contribution in [0.4, 0.5) is 0 Å². The molecule has 1 aromatic heterocycles. The van der Waals surface area contributed by atoms with Crippen LogP contribution < -0.4 is 5.32 Å². The lowest BCUT2D eigenvalue weighted by molar-refractivity contribution is 0.0954. The van der Waals surface area contributed by atoms with Crippen molar-refractivity contribution < 1.29 is 4.79 Å². The van der Waals surface area contributed by atoms with Crippen LogP contribution in [-0.4, -0.2) is 22.0 Å². The topological polar surface area (TPSA) is 46.9 Å². The number of nitrogens with zero attached hydrogens (tertiary/aromatic N) is 2. The summed E-state index contributed by atoms with van der Waals surface area (Å²) in [6.45, 7) is 3.86. The van der Waals surface area contributed by atoms with Gasteiger partial charge in [0.05, 0.1) is 11.0 Å². The van der Waals surface area contributed by atoms with Crippen LogP contribution in [0.3, 0.4) is 0 Å². The summed E-state index contributed by atoms with van der Waals surface area (Å²) >= 11 is 3.42. The van der Waals surface area contributed by atoms with Crippen LogP contribution in [-0.2, 0) is 13.0 Å². The first kappa shape index (κ1) is 31.4. The summed E-state index contributed by atoms with van der Waals surface area (Å²) in [6.07, 6.45) is 22.9. The van der Waals surface area contributed by atoms with Crippen molar-refractivity contribution in [3.63, 3.8) is 0 Å². The number of halogens is 1. The molecule has 5 heteroatoms. The number of fused-ring (bicyclic) bond motifs is 1. The Balaban J connectivity index is 1.28. The van der Waals surface area contributed by atoms with Crippen LogP contribution in [0.1, 0.15) is 126 Å². The van der Waals surface area contributed by atoms with E-state index in [1.807, 2.05) is 30.3 Å². The number of hydrogen-bond acceptors (Lipinski definition) is 2. The lowest BCUT2D eigenvalue weighted by Crippen LogP contribution is -2.26. The molecule has 2 aromatic carbocycles. The van der Waals surface area contributed by atoms with Crippen LogP contribution in [0.5, 0.6) is 0 Å². The number of aromatic nitrogens is 2. The SMILES string of the molecule is CCCCCCCCCCCCCCCCCCn1c(CCNC(=O)c2ccc(Br)cc2)nc2ccccc21. The summed E-state index contributed by atoms with van der Waals surface area (Å²) in [7, 11) is 0. The monoisotopic (exact) mass is 595 g/mol. The predicted octanol–water partition coefficient (Wildman–Crippen LogP) is 10.0. The van der Waals surface area contributed by atoms with Crippen molar-refractivity contribution in [3.05, 3.63) is 64.4 Å². The van der Waals surface area contributed by atoms with E-state index in [-0.39, 0.29) is 5.91 Å². The number of para-hydroxylation sites is 2. The van der Waals surface area contributed by atoms with Crippen LogP contribution in [0.2, 0.25) is 0 Å². The quantitative estimate of drug-likeness (QED) is 0.124. The first-order valence-electron chi connectivity index (χ1n) is 15.7. The smallest absolute Gasteiger partial charge is 0.251 e. The van der Waals surface area contributed by atoms with Gasteiger partial charge in [0.2, 0.25) is 0 Å². The lowest BCUT2D eigenvalue weighted by Gasteiger charge is -2.10. The minimum absolute atomic E-state index is 0.0389. The van der Waals surface area contributed by atoms with Gasteiger partial charge >= 0.3 is 0 Å². The standard InChI is InChI=1S/C34H50BrN3O/c1-2-3-4-5-6-7-8-9-10-11-12-13-14-15-16-19-28-38-32-21-18-17-20-31(32)37-33(38)26-27-36-34(39)29-22-24-30(35)25-23-29/h17-18,20-25H,2-16,19,26-28H2,1H3,(H,36,39). The minimum atomic E-state index is -0.0389. The number of imidazole rings is 1. The van der Waals surface area contributed by atoms with Crippen LogP contribution >= 0.6 is 15.9 Å². The highest BCUT2D eigenvalue weighted by atomic mass is 79.9. The van der Waals surface area contributed by atoms with Gasteiger partial charge in [0, 0.05) is 29.5 Å². The van der Waals surface area contributed by atoms with Crippen molar-refractivity contribution in [2.24, 2.45) is 0 Å². The van der Waals surface area contributed by atoms with Crippen molar-refractivity contribution in [3.8, 4) is 0 Å². The summed E-state index contributed by atoms with van der Waals surface area (Å²) in [6, 6.07) is 15.9. The van der Waals surface area contributed by atoms with E-state index in [9.17, 15) is 4.79 Å². The molecular formula is C34H50BrN3O. The Kier molecular flexibility index (Phi) is 15.3. The van der Waals surface area contributed by atoms with Crippen LogP contribution in [0.25, 0.3) is 11.0 Å². The number of amides is 1. The first-order chi connectivity index (χ1) is 19.2. The molecule has 0 bridgehead atoms. The lowest BCUT2D eigenvalue weighted by atomic mass is 10.0. The van der Waals surface area contributed by atoms with Gasteiger partial charge in [0.15, 0.2) is 0 Å². The van der Waals surface area contributed by atoms with E-state index in [2.05, 4.69) is 50.9 Å². The third-order valence-electron chi connectivity index (χ3n) is 7.71. The van der Waals surface area contributed by atoms with E-state index in [1.165, 1.54) is 108 Å². The molecule has 4 nitrogen and oxygen atoms in total.